The third kappa shape index (κ3) is 33.5. The Morgan fingerprint density at radius 2 is 0.523 bits per heavy atom. The van der Waals surface area contributed by atoms with Gasteiger partial charge in [0.2, 0.25) is 23.6 Å². The van der Waals surface area contributed by atoms with Crippen LogP contribution in [-0.2, 0) is 19.2 Å². The SMILES string of the molecule is N=C(N)NCCC[C@@H](N)C(=O)Nc1ccc(OCCNC(=N)N)c(C(=O)N[C@H](CCCNC(=N)N)C(=O)Nc2ccc(OCCNC(=N)N)c(C(=O)N[C@H](CCCNC(=N)N)C(=O)Nc3ccc(OCCNC(=N)N)c(C(=O)N[C@H](CCCNC(=N)N)C(=O)Nc4ccc(OCCNC(=N)N)c(C(N)=O)c4)c3)c2)c1. The normalized spacial score (nSPS) is 11.6. The van der Waals surface area contributed by atoms with Crippen LogP contribution in [0.3, 0.4) is 0 Å². The van der Waals surface area contributed by atoms with Gasteiger partial charge in [0.1, 0.15) is 67.6 Å². The number of primary amides is 1. The van der Waals surface area contributed by atoms with Gasteiger partial charge in [-0.25, -0.2) is 0 Å². The summed E-state index contributed by atoms with van der Waals surface area (Å²) in [6.07, 6.45) is 0.594. The maximum atomic E-state index is 14.9. The van der Waals surface area contributed by atoms with E-state index in [2.05, 4.69) is 79.8 Å². The Balaban J connectivity index is 1.75. The number of amides is 8. The minimum absolute atomic E-state index is 0.0171. The largest absolute Gasteiger partial charge is 0.491 e. The van der Waals surface area contributed by atoms with Gasteiger partial charge in [-0.1, -0.05) is 0 Å². The minimum Gasteiger partial charge on any atom is -0.491 e. The smallest absolute Gasteiger partial charge is 0.255 e. The molecule has 4 aromatic rings. The first-order valence-corrected chi connectivity index (χ1v) is 33.7. The summed E-state index contributed by atoms with van der Waals surface area (Å²) >= 11 is 0. The first kappa shape index (κ1) is 87.4. The van der Waals surface area contributed by atoms with E-state index in [1.54, 1.807) is 0 Å². The van der Waals surface area contributed by atoms with Gasteiger partial charge in [0.05, 0.1) is 54.5 Å². The van der Waals surface area contributed by atoms with Crippen molar-refractivity contribution in [3.63, 3.8) is 0 Å². The molecule has 0 saturated carbocycles. The first-order valence-electron chi connectivity index (χ1n) is 33.7. The van der Waals surface area contributed by atoms with Crippen molar-refractivity contribution in [2.75, 3.05) is 100 Å². The zero-order valence-corrected chi connectivity index (χ0v) is 59.6. The van der Waals surface area contributed by atoms with Crippen LogP contribution in [0.15, 0.2) is 72.8 Å². The molecule has 45 heteroatoms. The fourth-order valence-corrected chi connectivity index (χ4v) is 9.75. The van der Waals surface area contributed by atoms with Gasteiger partial charge in [-0.3, -0.25) is 81.6 Å². The van der Waals surface area contributed by atoms with E-state index in [1.807, 2.05) is 0 Å². The minimum atomic E-state index is -1.47. The van der Waals surface area contributed by atoms with Gasteiger partial charge in [0, 0.05) is 48.9 Å². The fourth-order valence-electron chi connectivity index (χ4n) is 9.75. The lowest BCUT2D eigenvalue weighted by Crippen LogP contribution is -2.45. The second kappa shape index (κ2) is 45.9. The topological polar surface area (TPSA) is 805 Å². The molecule has 0 fully saturated rings. The summed E-state index contributed by atoms with van der Waals surface area (Å²) in [4.78, 5) is 114. The molecule has 0 aliphatic carbocycles. The lowest BCUT2D eigenvalue weighted by molar-refractivity contribution is -0.118. The number of ether oxygens (including phenoxy) is 4. The van der Waals surface area contributed by atoms with Crippen LogP contribution in [0.1, 0.15) is 92.8 Å². The van der Waals surface area contributed by atoms with Gasteiger partial charge in [-0.05, 0) is 124 Å². The molecule has 45 nitrogen and oxygen atoms in total. The third-order valence-electron chi connectivity index (χ3n) is 14.9. The quantitative estimate of drug-likeness (QED) is 0.0112. The van der Waals surface area contributed by atoms with E-state index >= 15 is 0 Å². The van der Waals surface area contributed by atoms with Crippen molar-refractivity contribution in [3.05, 3.63) is 95.1 Å². The molecule has 0 aromatic heterocycles. The van der Waals surface area contributed by atoms with E-state index in [1.165, 1.54) is 72.8 Å². The highest BCUT2D eigenvalue weighted by molar-refractivity contribution is 6.08. The standard InChI is InChI=1S/C64H99N33O12/c65-41(5-1-17-83-57(67)68)53(102)91-34-10-14-46(107-26-22-88-62(77)78)38(30-34)50(99)96-43(7-3-19-85-59(71)72)55(104)93-36-12-16-48(109-28-24-90-64(81)82)40(32-36)52(101)97-44(8-4-20-86-60(73)74)56(105)94-35-11-15-47(108-27-23-89-63(79)80)39(31-35)51(100)95-42(6-2-18-84-58(69)70)54(103)92-33-9-13-45(37(29-33)49(66)98)106-25-21-87-61(75)76/h9-16,29-32,41-44H,1-8,17-28,65H2,(H2,66,98)(H,91,102)(H,92,103)(H,93,104)(H,94,105)(H,95,100)(H,96,99)(H,97,101)(H4,67,68,83)(H4,69,70,84)(H4,71,72,85)(H4,73,74,86)(H4,75,76,87)(H4,77,78,88)(H4,79,80,89)(H4,81,82,90)/t41-,42-,43-,44-/m1/s1. The third-order valence-corrected chi connectivity index (χ3v) is 14.9. The first-order chi connectivity index (χ1) is 51.8. The average molecular weight is 1520 g/mol. The number of rotatable bonds is 47. The van der Waals surface area contributed by atoms with Crippen molar-refractivity contribution in [1.82, 2.24) is 58.5 Å². The molecule has 0 radical (unpaired) electrons. The fraction of sp³-hybridized carbons (Fsp3) is 0.375. The predicted molar refractivity (Wildman–Crippen MR) is 409 cm³/mol. The van der Waals surface area contributed by atoms with E-state index in [0.29, 0.717) is 6.42 Å². The number of hydrogen-bond acceptors (Lipinski definition) is 21. The summed E-state index contributed by atoms with van der Waals surface area (Å²) in [7, 11) is 0. The van der Waals surface area contributed by atoms with Crippen LogP contribution in [0.5, 0.6) is 23.0 Å². The number of benzene rings is 4. The van der Waals surface area contributed by atoms with E-state index < -0.39 is 83.3 Å². The monoisotopic (exact) mass is 1520 g/mol. The molecular weight excluding hydrogens is 1420 g/mol. The predicted octanol–water partition coefficient (Wildman–Crippen LogP) is -5.24. The van der Waals surface area contributed by atoms with E-state index in [4.69, 9.17) is 120 Å². The summed E-state index contributed by atoms with van der Waals surface area (Å²) in [5.41, 5.74) is 54.8. The molecular formula is C64H99N33O12. The molecule has 0 aliphatic rings. The van der Waals surface area contributed by atoms with Crippen LogP contribution in [0.25, 0.3) is 0 Å². The summed E-state index contributed by atoms with van der Waals surface area (Å²) in [6.45, 7) is 0.0289. The van der Waals surface area contributed by atoms with Gasteiger partial charge in [-0.15, -0.1) is 0 Å². The van der Waals surface area contributed by atoms with E-state index in [-0.39, 0.29) is 227 Å². The number of guanidine groups is 8. The van der Waals surface area contributed by atoms with E-state index in [9.17, 15) is 38.4 Å². The molecule has 4 aromatic carbocycles. The summed E-state index contributed by atoms with van der Waals surface area (Å²) < 4.78 is 23.5. The lowest BCUT2D eigenvalue weighted by atomic mass is 10.1. The number of nitrogens with two attached hydrogens (primary N) is 10. The Morgan fingerprint density at radius 1 is 0.303 bits per heavy atom. The number of nitrogens with one attached hydrogen (secondary N) is 23. The van der Waals surface area contributed by atoms with Crippen molar-refractivity contribution in [2.24, 2.45) is 57.3 Å². The van der Waals surface area contributed by atoms with Crippen LogP contribution in [0, 0.1) is 43.3 Å². The highest BCUT2D eigenvalue weighted by Crippen LogP contribution is 2.29. The molecule has 0 aliphatic heterocycles. The molecule has 4 atom stereocenters. The molecule has 4 rings (SSSR count). The Labute approximate surface area is 625 Å². The Kier molecular flexibility index (Phi) is 36.8. The van der Waals surface area contributed by atoms with Crippen LogP contribution < -0.4 is 156 Å². The van der Waals surface area contributed by atoms with Crippen molar-refractivity contribution >= 4 is 118 Å². The second-order valence-electron chi connectivity index (χ2n) is 23.5. The van der Waals surface area contributed by atoms with Crippen LogP contribution in [-0.4, -0.2) is 198 Å². The van der Waals surface area contributed by atoms with Gasteiger partial charge in [0.25, 0.3) is 23.6 Å². The molecule has 0 bridgehead atoms. The van der Waals surface area contributed by atoms with Crippen molar-refractivity contribution < 1.29 is 57.3 Å². The number of carbonyl (C=O) groups excluding carboxylic acids is 8. The molecule has 8 amide bonds. The molecule has 109 heavy (non-hydrogen) atoms. The Bertz CT molecular complexity index is 3920. The Hall–Kier alpha value is -14.0. The lowest BCUT2D eigenvalue weighted by Gasteiger charge is -2.22. The van der Waals surface area contributed by atoms with Gasteiger partial charge >= 0.3 is 0 Å². The summed E-state index contributed by atoms with van der Waals surface area (Å²) in [5.74, 6) is -9.83. The molecule has 0 spiro atoms. The van der Waals surface area contributed by atoms with Gasteiger partial charge in [0.15, 0.2) is 47.7 Å². The maximum Gasteiger partial charge on any atom is 0.255 e. The zero-order chi connectivity index (χ0) is 80.5. The molecule has 592 valence electrons. The zero-order valence-electron chi connectivity index (χ0n) is 59.6. The van der Waals surface area contributed by atoms with Gasteiger partial charge < -0.3 is 156 Å². The summed E-state index contributed by atoms with van der Waals surface area (Å²) in [5, 5.41) is 100. The Morgan fingerprint density at radius 3 is 0.771 bits per heavy atom. The molecule has 0 saturated heterocycles. The number of carbonyl (C=O) groups is 8. The van der Waals surface area contributed by atoms with Crippen molar-refractivity contribution in [3.8, 4) is 23.0 Å². The number of hydrogen-bond donors (Lipinski definition) is 33. The van der Waals surface area contributed by atoms with Crippen molar-refractivity contribution in [2.45, 2.75) is 75.5 Å². The second-order valence-corrected chi connectivity index (χ2v) is 23.5. The highest BCUT2D eigenvalue weighted by Gasteiger charge is 2.30. The average Bonchev–Trinajstić information content (AvgIpc) is 0.843. The van der Waals surface area contributed by atoms with Crippen LogP contribution >= 0.6 is 0 Å². The molecule has 0 unspecified atom stereocenters. The van der Waals surface area contributed by atoms with E-state index in [0.717, 1.165) is 0 Å². The highest BCUT2D eigenvalue weighted by atomic mass is 16.5. The molecule has 43 N–H and O–H groups in total. The van der Waals surface area contributed by atoms with Crippen LogP contribution in [0.4, 0.5) is 22.7 Å². The number of anilines is 4. The van der Waals surface area contributed by atoms with Gasteiger partial charge in [-0.2, -0.15) is 0 Å². The molecule has 0 heterocycles. The summed E-state index contributed by atoms with van der Waals surface area (Å²) in [6, 6.07) is 10.7. The van der Waals surface area contributed by atoms with Crippen molar-refractivity contribution in [1.29, 1.82) is 43.3 Å². The maximum absolute atomic E-state index is 14.9. The van der Waals surface area contributed by atoms with Crippen LogP contribution in [0.2, 0.25) is 0 Å².